The van der Waals surface area contributed by atoms with Gasteiger partial charge in [-0.2, -0.15) is 5.10 Å². The fraction of sp³-hybridized carbons (Fsp3) is 0.158. The minimum Gasteiger partial charge on any atom is -0.351 e. The Bertz CT molecular complexity index is 1380. The highest BCUT2D eigenvalue weighted by Crippen LogP contribution is 2.30. The van der Waals surface area contributed by atoms with Crippen LogP contribution >= 0.6 is 11.8 Å². The zero-order valence-corrected chi connectivity index (χ0v) is 16.4. The predicted molar refractivity (Wildman–Crippen MR) is 109 cm³/mol. The topological polar surface area (TPSA) is 118 Å². The summed E-state index contributed by atoms with van der Waals surface area (Å²) in [6.07, 6.45) is 9.06. The molecule has 30 heavy (non-hydrogen) atoms. The van der Waals surface area contributed by atoms with E-state index in [1.165, 1.54) is 11.8 Å². The lowest BCUT2D eigenvalue weighted by Crippen LogP contribution is -2.13. The van der Waals surface area contributed by atoms with Gasteiger partial charge in [-0.15, -0.1) is 10.2 Å². The standard InChI is InChI=1S/C19H15N9OS/c29-18(11-1-2-11)23-14-9-28-15(22-14)5-6-17(26-28)30-19-25-24-16-4-3-12(8-27(16)19)13-7-20-10-21-13/h3-11H,1-2H2,(H,20,21)(H,23,29). The zero-order chi connectivity index (χ0) is 20.1. The number of aromatic nitrogens is 8. The van der Waals surface area contributed by atoms with Gasteiger partial charge in [0.15, 0.2) is 17.1 Å². The number of fused-ring (bicyclic) bond motifs is 2. The van der Waals surface area contributed by atoms with Gasteiger partial charge in [-0.3, -0.25) is 9.20 Å². The van der Waals surface area contributed by atoms with Gasteiger partial charge in [0.1, 0.15) is 5.03 Å². The van der Waals surface area contributed by atoms with E-state index in [9.17, 15) is 4.79 Å². The molecule has 0 atom stereocenters. The van der Waals surface area contributed by atoms with E-state index in [2.05, 4.69) is 35.6 Å². The van der Waals surface area contributed by atoms with Gasteiger partial charge in [0, 0.05) is 23.9 Å². The minimum atomic E-state index is 0.0238. The van der Waals surface area contributed by atoms with Crippen molar-refractivity contribution >= 4 is 34.8 Å². The molecular weight excluding hydrogens is 402 g/mol. The van der Waals surface area contributed by atoms with Gasteiger partial charge in [-0.05, 0) is 48.9 Å². The number of imidazole rings is 2. The van der Waals surface area contributed by atoms with Crippen molar-refractivity contribution in [3.05, 3.63) is 49.2 Å². The second-order valence-electron chi connectivity index (χ2n) is 7.05. The first-order valence-electron chi connectivity index (χ1n) is 9.42. The highest BCUT2D eigenvalue weighted by molar-refractivity contribution is 7.99. The molecule has 6 rings (SSSR count). The van der Waals surface area contributed by atoms with E-state index in [0.29, 0.717) is 16.6 Å². The number of hydrogen-bond donors (Lipinski definition) is 2. The maximum absolute atomic E-state index is 12.0. The van der Waals surface area contributed by atoms with E-state index < -0.39 is 0 Å². The molecule has 0 saturated heterocycles. The smallest absolute Gasteiger partial charge is 0.228 e. The normalized spacial score (nSPS) is 13.9. The Morgan fingerprint density at radius 3 is 2.87 bits per heavy atom. The Balaban J connectivity index is 1.29. The lowest BCUT2D eigenvalue weighted by Gasteiger charge is -2.02. The summed E-state index contributed by atoms with van der Waals surface area (Å²) in [5.74, 6) is 0.662. The van der Waals surface area contributed by atoms with Crippen molar-refractivity contribution in [2.75, 3.05) is 5.32 Å². The van der Waals surface area contributed by atoms with Crippen LogP contribution in [-0.4, -0.2) is 45.1 Å². The third-order valence-corrected chi connectivity index (χ3v) is 5.74. The highest BCUT2D eigenvalue weighted by Gasteiger charge is 2.30. The summed E-state index contributed by atoms with van der Waals surface area (Å²) in [4.78, 5) is 23.6. The summed E-state index contributed by atoms with van der Waals surface area (Å²) < 4.78 is 3.57. The van der Waals surface area contributed by atoms with Gasteiger partial charge in [-0.25, -0.2) is 14.5 Å². The maximum Gasteiger partial charge on any atom is 0.228 e. The van der Waals surface area contributed by atoms with Crippen molar-refractivity contribution in [1.82, 2.24) is 39.2 Å². The molecule has 0 unspecified atom stereocenters. The fourth-order valence-corrected chi connectivity index (χ4v) is 3.93. The Kier molecular flexibility index (Phi) is 3.81. The molecule has 0 aromatic carbocycles. The van der Waals surface area contributed by atoms with Gasteiger partial charge >= 0.3 is 0 Å². The molecule has 1 amide bonds. The number of H-pyrrole nitrogens is 1. The summed E-state index contributed by atoms with van der Waals surface area (Å²) in [5, 5.41) is 17.4. The molecule has 0 bridgehead atoms. The number of hydrogen-bond acceptors (Lipinski definition) is 7. The van der Waals surface area contributed by atoms with E-state index >= 15 is 0 Å². The third kappa shape index (κ3) is 3.08. The van der Waals surface area contributed by atoms with Crippen molar-refractivity contribution in [2.24, 2.45) is 5.92 Å². The lowest BCUT2D eigenvalue weighted by atomic mass is 10.2. The summed E-state index contributed by atoms with van der Waals surface area (Å²) in [6.45, 7) is 0. The van der Waals surface area contributed by atoms with Gasteiger partial charge in [0.05, 0.1) is 18.2 Å². The Labute approximate surface area is 173 Å². The predicted octanol–water partition coefficient (Wildman–Crippen LogP) is 2.66. The molecule has 5 heterocycles. The van der Waals surface area contributed by atoms with Crippen LogP contribution in [0.5, 0.6) is 0 Å². The largest absolute Gasteiger partial charge is 0.351 e. The second-order valence-corrected chi connectivity index (χ2v) is 8.04. The SMILES string of the molecule is O=C(Nc1cn2nc(Sc3nnc4ccc(-c5c[nH]cn5)cn34)ccc2n1)C1CC1. The van der Waals surface area contributed by atoms with Crippen LogP contribution in [0, 0.1) is 5.92 Å². The molecule has 1 aliphatic carbocycles. The number of anilines is 1. The first-order valence-corrected chi connectivity index (χ1v) is 10.2. The van der Waals surface area contributed by atoms with Crippen molar-refractivity contribution in [2.45, 2.75) is 23.0 Å². The van der Waals surface area contributed by atoms with Crippen LogP contribution in [0.3, 0.4) is 0 Å². The molecule has 5 aromatic heterocycles. The fourth-order valence-electron chi connectivity index (χ4n) is 3.16. The molecular formula is C19H15N9OS. The summed E-state index contributed by atoms with van der Waals surface area (Å²) >= 11 is 1.40. The highest BCUT2D eigenvalue weighted by atomic mass is 32.2. The molecule has 5 aromatic rings. The molecule has 0 radical (unpaired) electrons. The molecule has 2 N–H and O–H groups in total. The Hall–Kier alpha value is -3.73. The van der Waals surface area contributed by atoms with E-state index in [0.717, 1.165) is 34.8 Å². The van der Waals surface area contributed by atoms with Gasteiger partial charge in [0.25, 0.3) is 0 Å². The first kappa shape index (κ1) is 17.2. The van der Waals surface area contributed by atoms with E-state index in [4.69, 9.17) is 0 Å². The van der Waals surface area contributed by atoms with Crippen molar-refractivity contribution in [1.29, 1.82) is 0 Å². The van der Waals surface area contributed by atoms with Crippen LogP contribution in [0.4, 0.5) is 5.82 Å². The van der Waals surface area contributed by atoms with Crippen molar-refractivity contribution in [3.63, 3.8) is 0 Å². The molecule has 10 nitrogen and oxygen atoms in total. The Morgan fingerprint density at radius 1 is 1.13 bits per heavy atom. The van der Waals surface area contributed by atoms with Crippen molar-refractivity contribution in [3.8, 4) is 11.3 Å². The van der Waals surface area contributed by atoms with E-state index in [1.54, 1.807) is 17.0 Å². The molecule has 1 fully saturated rings. The van der Waals surface area contributed by atoms with Crippen LogP contribution in [0.2, 0.25) is 0 Å². The number of rotatable bonds is 5. The van der Waals surface area contributed by atoms with Crippen LogP contribution in [0.25, 0.3) is 22.6 Å². The Morgan fingerprint density at radius 2 is 2.03 bits per heavy atom. The quantitative estimate of drug-likeness (QED) is 0.451. The molecule has 1 saturated carbocycles. The summed E-state index contributed by atoms with van der Waals surface area (Å²) in [7, 11) is 0. The number of nitrogens with one attached hydrogen (secondary N) is 2. The number of carbonyl (C=O) groups is 1. The summed E-state index contributed by atoms with van der Waals surface area (Å²) in [5.41, 5.74) is 3.21. The van der Waals surface area contributed by atoms with E-state index in [-0.39, 0.29) is 11.8 Å². The molecule has 0 aliphatic heterocycles. The van der Waals surface area contributed by atoms with Gasteiger partial charge in [-0.1, -0.05) is 0 Å². The van der Waals surface area contributed by atoms with Gasteiger partial charge in [0.2, 0.25) is 11.1 Å². The van der Waals surface area contributed by atoms with Gasteiger partial charge < -0.3 is 10.3 Å². The van der Waals surface area contributed by atoms with E-state index in [1.807, 2.05) is 41.1 Å². The van der Waals surface area contributed by atoms with Crippen LogP contribution in [0.15, 0.2) is 59.4 Å². The zero-order valence-electron chi connectivity index (χ0n) is 15.6. The van der Waals surface area contributed by atoms with Crippen LogP contribution in [-0.2, 0) is 4.79 Å². The average Bonchev–Trinajstić information content (AvgIpc) is 3.14. The minimum absolute atomic E-state index is 0.0238. The number of aromatic amines is 1. The summed E-state index contributed by atoms with van der Waals surface area (Å²) in [6, 6.07) is 7.60. The van der Waals surface area contributed by atoms with Crippen molar-refractivity contribution < 1.29 is 4.79 Å². The molecule has 0 spiro atoms. The van der Waals surface area contributed by atoms with Crippen LogP contribution in [0.1, 0.15) is 12.8 Å². The third-order valence-electron chi connectivity index (χ3n) is 4.86. The average molecular weight is 417 g/mol. The molecule has 11 heteroatoms. The number of amides is 1. The number of carbonyl (C=O) groups excluding carboxylic acids is 1. The second kappa shape index (κ2) is 6.66. The number of pyridine rings is 1. The number of nitrogens with zero attached hydrogens (tertiary/aromatic N) is 7. The maximum atomic E-state index is 12.0. The van der Waals surface area contributed by atoms with Crippen LogP contribution < -0.4 is 5.32 Å². The first-order chi connectivity index (χ1) is 14.7. The molecule has 1 aliphatic rings. The molecule has 148 valence electrons. The lowest BCUT2D eigenvalue weighted by molar-refractivity contribution is -0.117. The monoisotopic (exact) mass is 417 g/mol.